The van der Waals surface area contributed by atoms with Crippen molar-refractivity contribution in [2.24, 2.45) is 0 Å². The predicted molar refractivity (Wildman–Crippen MR) is 108 cm³/mol. The van der Waals surface area contributed by atoms with Gasteiger partial charge in [-0.2, -0.15) is 9.78 Å². The van der Waals surface area contributed by atoms with Gasteiger partial charge in [-0.25, -0.2) is 5.10 Å². The maximum Gasteiger partial charge on any atom is 0.288 e. The number of halogens is 1. The average molecular weight is 436 g/mol. The lowest BCUT2D eigenvalue weighted by Crippen LogP contribution is -2.29. The van der Waals surface area contributed by atoms with Crippen LogP contribution in [-0.2, 0) is 0 Å². The molecule has 0 unspecified atom stereocenters. The van der Waals surface area contributed by atoms with Crippen molar-refractivity contribution in [2.45, 2.75) is 13.0 Å². The van der Waals surface area contributed by atoms with E-state index < -0.39 is 0 Å². The van der Waals surface area contributed by atoms with E-state index in [1.165, 1.54) is 0 Å². The van der Waals surface area contributed by atoms with Crippen molar-refractivity contribution in [3.63, 3.8) is 0 Å². The van der Waals surface area contributed by atoms with Crippen LogP contribution < -0.4 is 10.9 Å². The number of fused-ring (bicyclic) bond motifs is 2. The Morgan fingerprint density at radius 3 is 2.57 bits per heavy atom. The molecule has 1 aliphatic rings. The molecule has 0 fully saturated rings. The van der Waals surface area contributed by atoms with Crippen LogP contribution in [0.1, 0.15) is 22.7 Å². The highest BCUT2D eigenvalue weighted by atomic mass is 79.9. The maximum atomic E-state index is 12.6. The van der Waals surface area contributed by atoms with E-state index in [-0.39, 0.29) is 11.6 Å². The van der Waals surface area contributed by atoms with Crippen molar-refractivity contribution >= 4 is 27.6 Å². The molecule has 3 heterocycles. The first kappa shape index (κ1) is 16.8. The minimum atomic E-state index is -0.379. The summed E-state index contributed by atoms with van der Waals surface area (Å²) < 4.78 is 2.64. The third-order valence-electron chi connectivity index (χ3n) is 4.78. The molecule has 0 aliphatic carbocycles. The second-order valence-corrected chi connectivity index (χ2v) is 7.50. The fourth-order valence-corrected chi connectivity index (χ4v) is 3.69. The summed E-state index contributed by atoms with van der Waals surface area (Å²) in [7, 11) is 0. The molecular formula is C19H14BrN7O. The summed E-state index contributed by atoms with van der Waals surface area (Å²) in [5.41, 5.74) is 4.48. The number of tetrazole rings is 1. The van der Waals surface area contributed by atoms with Gasteiger partial charge in [0.25, 0.3) is 5.56 Å². The number of rotatable bonds is 2. The van der Waals surface area contributed by atoms with E-state index in [0.717, 1.165) is 26.7 Å². The van der Waals surface area contributed by atoms with Crippen molar-refractivity contribution in [1.82, 2.24) is 30.4 Å². The third kappa shape index (κ3) is 2.63. The number of anilines is 2. The van der Waals surface area contributed by atoms with Gasteiger partial charge in [0, 0.05) is 15.6 Å². The zero-order valence-electron chi connectivity index (χ0n) is 14.7. The highest BCUT2D eigenvalue weighted by Gasteiger charge is 2.34. The molecule has 9 heteroatoms. The van der Waals surface area contributed by atoms with Crippen LogP contribution in [0, 0.1) is 6.92 Å². The molecule has 0 saturated heterocycles. The molecular weight excluding hydrogens is 422 g/mol. The molecule has 1 aliphatic heterocycles. The summed E-state index contributed by atoms with van der Waals surface area (Å²) in [5.74, 6) is 0.413. The Labute approximate surface area is 167 Å². The van der Waals surface area contributed by atoms with Crippen LogP contribution in [0.4, 0.5) is 11.6 Å². The lowest BCUT2D eigenvalue weighted by Gasteiger charge is -2.27. The van der Waals surface area contributed by atoms with Crippen molar-refractivity contribution in [2.75, 3.05) is 5.32 Å². The number of nitrogens with zero attached hydrogens (tertiary/aromatic N) is 5. The quantitative estimate of drug-likeness (QED) is 0.441. The van der Waals surface area contributed by atoms with Gasteiger partial charge in [0.2, 0.25) is 5.95 Å². The van der Waals surface area contributed by atoms with Gasteiger partial charge in [-0.05, 0) is 35.0 Å². The molecule has 5 rings (SSSR count). The van der Waals surface area contributed by atoms with Gasteiger partial charge in [-0.15, -0.1) is 0 Å². The highest BCUT2D eigenvalue weighted by Crippen LogP contribution is 2.41. The van der Waals surface area contributed by atoms with Crippen LogP contribution in [-0.4, -0.2) is 30.4 Å². The van der Waals surface area contributed by atoms with Crippen molar-refractivity contribution in [3.8, 4) is 11.3 Å². The molecule has 8 nitrogen and oxygen atoms in total. The minimum absolute atomic E-state index is 0.317. The normalized spacial score (nSPS) is 14.9. The van der Waals surface area contributed by atoms with E-state index >= 15 is 0 Å². The Hall–Kier alpha value is -3.33. The largest absolute Gasteiger partial charge is 0.318 e. The molecule has 28 heavy (non-hydrogen) atoms. The van der Waals surface area contributed by atoms with Crippen LogP contribution in [0.3, 0.4) is 0 Å². The Kier molecular flexibility index (Phi) is 3.83. The molecule has 2 N–H and O–H groups in total. The zero-order chi connectivity index (χ0) is 19.3. The van der Waals surface area contributed by atoms with Crippen LogP contribution in [0.2, 0.25) is 0 Å². The van der Waals surface area contributed by atoms with Gasteiger partial charge in [0.05, 0.1) is 5.69 Å². The zero-order valence-corrected chi connectivity index (χ0v) is 16.3. The first-order valence-corrected chi connectivity index (χ1v) is 9.41. The lowest BCUT2D eigenvalue weighted by atomic mass is 9.92. The van der Waals surface area contributed by atoms with Crippen LogP contribution in [0.15, 0.2) is 57.8 Å². The number of aromatic amines is 1. The van der Waals surface area contributed by atoms with Gasteiger partial charge in [0.1, 0.15) is 11.7 Å². The highest BCUT2D eigenvalue weighted by molar-refractivity contribution is 9.10. The molecule has 1 atom stereocenters. The summed E-state index contributed by atoms with van der Waals surface area (Å²) in [4.78, 5) is 12.6. The van der Waals surface area contributed by atoms with Crippen LogP contribution >= 0.6 is 15.9 Å². The average Bonchev–Trinajstić information content (AvgIpc) is 3.17. The first-order valence-electron chi connectivity index (χ1n) is 8.62. The summed E-state index contributed by atoms with van der Waals surface area (Å²) in [6.45, 7) is 2.03. The first-order chi connectivity index (χ1) is 13.6. The second-order valence-electron chi connectivity index (χ2n) is 6.58. The van der Waals surface area contributed by atoms with Crippen molar-refractivity contribution < 1.29 is 0 Å². The topological polar surface area (TPSA) is 101 Å². The molecule has 0 radical (unpaired) electrons. The van der Waals surface area contributed by atoms with E-state index in [9.17, 15) is 4.79 Å². The summed E-state index contributed by atoms with van der Waals surface area (Å²) in [6, 6.07) is 15.5. The minimum Gasteiger partial charge on any atom is -0.318 e. The second kappa shape index (κ2) is 6.38. The number of hydrogen-bond acceptors (Lipinski definition) is 6. The molecule has 2 aromatic carbocycles. The van der Waals surface area contributed by atoms with E-state index in [4.69, 9.17) is 0 Å². The SMILES string of the molecule is Cc1ccc([C@H]2c3c(-c4ccc(Br)cc4)n[nH]c(=O)c3Nc3nnnn32)cc1. The Morgan fingerprint density at radius 2 is 1.82 bits per heavy atom. The molecule has 138 valence electrons. The molecule has 0 saturated carbocycles. The molecule has 0 bridgehead atoms. The van der Waals surface area contributed by atoms with E-state index in [1.54, 1.807) is 4.68 Å². The smallest absolute Gasteiger partial charge is 0.288 e. The molecule has 0 spiro atoms. The molecule has 4 aromatic rings. The van der Waals surface area contributed by atoms with E-state index in [1.807, 2.05) is 55.5 Å². The van der Waals surface area contributed by atoms with Crippen molar-refractivity contribution in [3.05, 3.63) is 80.0 Å². The maximum absolute atomic E-state index is 12.6. The fraction of sp³-hybridized carbons (Fsp3) is 0.105. The lowest BCUT2D eigenvalue weighted by molar-refractivity contribution is 0.567. The van der Waals surface area contributed by atoms with Gasteiger partial charge in [-0.1, -0.05) is 63.0 Å². The van der Waals surface area contributed by atoms with Crippen molar-refractivity contribution in [1.29, 1.82) is 0 Å². The predicted octanol–water partition coefficient (Wildman–Crippen LogP) is 3.19. The Morgan fingerprint density at radius 1 is 1.07 bits per heavy atom. The van der Waals surface area contributed by atoms with Gasteiger partial charge in [0.15, 0.2) is 0 Å². The van der Waals surface area contributed by atoms with Gasteiger partial charge >= 0.3 is 0 Å². The fourth-order valence-electron chi connectivity index (χ4n) is 3.42. The number of hydrogen-bond donors (Lipinski definition) is 2. The van der Waals surface area contributed by atoms with Gasteiger partial charge < -0.3 is 5.32 Å². The molecule has 0 amide bonds. The number of nitrogens with one attached hydrogen (secondary N) is 2. The standard InChI is InChI=1S/C19H14BrN7O/c1-10-2-4-12(5-3-10)17-14-15(11-6-8-13(20)9-7-11)22-23-18(28)16(14)21-19-24-25-26-27(17)19/h2-9,17H,1H3,(H,23,28)(H,21,24,26)/t17-/m0/s1. The number of benzene rings is 2. The van der Waals surface area contributed by atoms with Crippen LogP contribution in [0.25, 0.3) is 11.3 Å². The summed E-state index contributed by atoms with van der Waals surface area (Å²) >= 11 is 3.45. The van der Waals surface area contributed by atoms with Gasteiger partial charge in [-0.3, -0.25) is 4.79 Å². The number of aromatic nitrogens is 6. The van der Waals surface area contributed by atoms with E-state index in [2.05, 4.69) is 47.0 Å². The summed E-state index contributed by atoms with van der Waals surface area (Å²) in [5, 5.41) is 22.0. The Balaban J connectivity index is 1.81. The number of H-pyrrole nitrogens is 1. The monoisotopic (exact) mass is 435 g/mol. The van der Waals surface area contributed by atoms with Crippen LogP contribution in [0.5, 0.6) is 0 Å². The molecule has 2 aromatic heterocycles. The van der Waals surface area contributed by atoms with E-state index in [0.29, 0.717) is 17.3 Å². The third-order valence-corrected chi connectivity index (χ3v) is 5.31. The number of aryl methyl sites for hydroxylation is 1. The summed E-state index contributed by atoms with van der Waals surface area (Å²) in [6.07, 6.45) is 0. The Bertz CT molecular complexity index is 1230.